The van der Waals surface area contributed by atoms with Crippen LogP contribution in [0, 0.1) is 42.9 Å². The van der Waals surface area contributed by atoms with Crippen molar-refractivity contribution in [3.05, 3.63) is 42.9 Å². The Balaban J connectivity index is 0. The van der Waals surface area contributed by atoms with Gasteiger partial charge in [0.25, 0.3) is 0 Å². The molecular formula is C17H24ClNO2Ru+. The van der Waals surface area contributed by atoms with Crippen molar-refractivity contribution in [2.45, 2.75) is 47.0 Å². The average Bonchev–Trinajstić information content (AvgIpc) is 2.79. The van der Waals surface area contributed by atoms with E-state index < -0.39 is 0 Å². The van der Waals surface area contributed by atoms with Gasteiger partial charge in [-0.15, -0.1) is 0 Å². The molecule has 1 heterocycles. The second-order valence-electron chi connectivity index (χ2n) is 5.32. The third kappa shape index (κ3) is 7.28. The van der Waals surface area contributed by atoms with Crippen LogP contribution in [0.4, 0.5) is 0 Å². The van der Waals surface area contributed by atoms with Crippen LogP contribution < -0.4 is 0 Å². The molecule has 2 aliphatic rings. The van der Waals surface area contributed by atoms with Crippen molar-refractivity contribution in [1.29, 1.82) is 0 Å². The number of hydrogen-bond donors (Lipinski definition) is 0. The van der Waals surface area contributed by atoms with Gasteiger partial charge in [-0.3, -0.25) is 0 Å². The Morgan fingerprint density at radius 1 is 0.818 bits per heavy atom. The summed E-state index contributed by atoms with van der Waals surface area (Å²) >= 11 is 1.82. The molecule has 1 aliphatic carbocycles. The van der Waals surface area contributed by atoms with Gasteiger partial charge in [0.2, 0.25) is 0 Å². The van der Waals surface area contributed by atoms with E-state index in [-0.39, 0.29) is 0 Å². The molecule has 2 rings (SSSR count). The van der Waals surface area contributed by atoms with Crippen LogP contribution in [0.3, 0.4) is 0 Å². The molecule has 0 aromatic rings. The first kappa shape index (κ1) is 24.6. The zero-order valence-electron chi connectivity index (χ0n) is 13.7. The molecule has 3 nitrogen and oxygen atoms in total. The van der Waals surface area contributed by atoms with Crippen LogP contribution in [0.25, 0.3) is 0 Å². The van der Waals surface area contributed by atoms with E-state index in [1.165, 1.54) is 62.6 Å². The second-order valence-corrected chi connectivity index (χ2v) is 5.32. The first-order valence-electron chi connectivity index (χ1n) is 7.09. The Bertz CT molecular complexity index is 286. The van der Waals surface area contributed by atoms with E-state index in [0.717, 1.165) is 0 Å². The fraction of sp³-hybridized carbons (Fsp3) is 0.588. The Morgan fingerprint density at radius 2 is 1.18 bits per heavy atom. The number of nitrogens with zero attached hydrogens (tertiary/aromatic N) is 1. The van der Waals surface area contributed by atoms with Crippen molar-refractivity contribution in [3.8, 4) is 0 Å². The number of piperidine rings is 1. The minimum absolute atomic E-state index is 1.17. The summed E-state index contributed by atoms with van der Waals surface area (Å²) in [6.07, 6.45) is 4.20. The predicted molar refractivity (Wildman–Crippen MR) is 82.9 cm³/mol. The molecule has 0 atom stereocenters. The van der Waals surface area contributed by atoms with Crippen molar-refractivity contribution in [2.75, 3.05) is 19.6 Å². The van der Waals surface area contributed by atoms with E-state index in [1.54, 1.807) is 5.92 Å². The van der Waals surface area contributed by atoms with Crippen LogP contribution in [-0.2, 0) is 26.6 Å². The third-order valence-electron chi connectivity index (χ3n) is 4.42. The maximum atomic E-state index is 7.50. The second kappa shape index (κ2) is 14.9. The van der Waals surface area contributed by atoms with Gasteiger partial charge in [0.05, 0.1) is 0 Å². The van der Waals surface area contributed by atoms with Crippen LogP contribution in [0.1, 0.15) is 47.0 Å². The van der Waals surface area contributed by atoms with E-state index >= 15 is 0 Å². The molecule has 0 unspecified atom stereocenters. The molecular weight excluding hydrogens is 387 g/mol. The summed E-state index contributed by atoms with van der Waals surface area (Å²) in [6.45, 7) is 21.9. The normalized spacial score (nSPS) is 21.7. The zero-order chi connectivity index (χ0) is 17.7. The molecule has 1 saturated carbocycles. The monoisotopic (exact) mass is 411 g/mol. The van der Waals surface area contributed by atoms with Crippen molar-refractivity contribution in [2.24, 2.45) is 0 Å². The molecule has 0 aromatic carbocycles. The van der Waals surface area contributed by atoms with Crippen molar-refractivity contribution < 1.29 is 26.6 Å². The fourth-order valence-corrected chi connectivity index (χ4v) is 2.87. The SMILES string of the molecule is C[C]1[C](C)[C](C)[C](CN2CCCCC2)[C]1C.[C-]#[O+].[C-]#[O+].[Cl][Ru+]. The molecule has 1 saturated heterocycles. The first-order valence-corrected chi connectivity index (χ1v) is 9.33. The summed E-state index contributed by atoms with van der Waals surface area (Å²) in [5.74, 6) is 7.66. The zero-order valence-corrected chi connectivity index (χ0v) is 16.2. The van der Waals surface area contributed by atoms with Gasteiger partial charge in [0.1, 0.15) is 0 Å². The molecule has 22 heavy (non-hydrogen) atoms. The third-order valence-corrected chi connectivity index (χ3v) is 4.42. The van der Waals surface area contributed by atoms with Crippen LogP contribution in [0.5, 0.6) is 0 Å². The van der Waals surface area contributed by atoms with Crippen LogP contribution >= 0.6 is 9.69 Å². The van der Waals surface area contributed by atoms with Gasteiger partial charge < -0.3 is 4.90 Å². The van der Waals surface area contributed by atoms with Crippen LogP contribution in [0.2, 0.25) is 0 Å². The Kier molecular flexibility index (Phi) is 16.7. The Labute approximate surface area is 150 Å². The van der Waals surface area contributed by atoms with E-state index in [2.05, 4.69) is 55.6 Å². The summed E-state index contributed by atoms with van der Waals surface area (Å²) in [7, 11) is 4.57. The summed E-state index contributed by atoms with van der Waals surface area (Å²) in [6, 6.07) is 0. The van der Waals surface area contributed by atoms with Crippen LogP contribution in [-0.4, -0.2) is 24.5 Å². The van der Waals surface area contributed by atoms with Crippen molar-refractivity contribution >= 4 is 9.69 Å². The standard InChI is InChI=1S/C15H24N.2CO.ClH.Ru/c1-11-12(2)14(4)15(13(11)3)10-16-8-6-5-7-9-16;2*1-2;;/h5-10H2,1-4H3;;;1H;/q;;;;+2/p-1. The first-order chi connectivity index (χ1) is 10.6. The van der Waals surface area contributed by atoms with E-state index in [4.69, 9.17) is 9.30 Å². The molecule has 2 fully saturated rings. The average molecular weight is 411 g/mol. The fourth-order valence-electron chi connectivity index (χ4n) is 2.87. The van der Waals surface area contributed by atoms with Crippen LogP contribution in [0.15, 0.2) is 0 Å². The number of halogens is 1. The molecule has 0 N–H and O–H groups in total. The number of rotatable bonds is 2. The Morgan fingerprint density at radius 3 is 1.55 bits per heavy atom. The van der Waals surface area contributed by atoms with E-state index in [9.17, 15) is 0 Å². The molecule has 5 radical (unpaired) electrons. The van der Waals surface area contributed by atoms with Crippen molar-refractivity contribution in [1.82, 2.24) is 4.90 Å². The summed E-state index contributed by atoms with van der Waals surface area (Å²) in [5.41, 5.74) is 0. The van der Waals surface area contributed by atoms with Gasteiger partial charge in [-0.05, 0) is 49.6 Å². The Hall–Kier alpha value is 0.353. The van der Waals surface area contributed by atoms with Gasteiger partial charge in [0, 0.05) is 12.5 Å². The topological polar surface area (TPSA) is 43.0 Å². The van der Waals surface area contributed by atoms with Gasteiger partial charge in [-0.2, -0.15) is 0 Å². The minimum atomic E-state index is 1.17. The predicted octanol–water partition coefficient (Wildman–Crippen LogP) is 4.05. The van der Waals surface area contributed by atoms with Crippen molar-refractivity contribution in [3.63, 3.8) is 0 Å². The molecule has 123 valence electrons. The molecule has 5 heteroatoms. The van der Waals surface area contributed by atoms with E-state index in [1.807, 2.05) is 17.3 Å². The maximum absolute atomic E-state index is 7.50. The number of likely N-dealkylation sites (tertiary alicyclic amines) is 1. The summed E-state index contributed by atoms with van der Waals surface area (Å²) in [5, 5.41) is 0. The molecule has 0 spiro atoms. The quantitative estimate of drug-likeness (QED) is 0.384. The number of hydrogen-bond acceptors (Lipinski definition) is 1. The van der Waals surface area contributed by atoms with Gasteiger partial charge >= 0.3 is 49.6 Å². The molecule has 0 bridgehead atoms. The summed E-state index contributed by atoms with van der Waals surface area (Å²) < 4.78 is 15.0. The summed E-state index contributed by atoms with van der Waals surface area (Å²) in [4.78, 5) is 2.62. The van der Waals surface area contributed by atoms with Gasteiger partial charge in [-0.25, -0.2) is 0 Å². The van der Waals surface area contributed by atoms with Gasteiger partial charge in [-0.1, -0.05) is 34.1 Å². The molecule has 0 aromatic heterocycles. The molecule has 1 aliphatic heterocycles. The van der Waals surface area contributed by atoms with Gasteiger partial charge in [0.15, 0.2) is 0 Å². The van der Waals surface area contributed by atoms with E-state index in [0.29, 0.717) is 0 Å². The molecule has 0 amide bonds.